The second kappa shape index (κ2) is 6.81. The van der Waals surface area contributed by atoms with E-state index in [2.05, 4.69) is 18.6 Å². The first kappa shape index (κ1) is 18.0. The molecule has 1 atom stereocenters. The average molecular weight is 359 g/mol. The minimum Gasteiger partial charge on any atom is -0.487 e. The number of hydrogen-bond acceptors (Lipinski definition) is 3. The molecule has 1 N–H and O–H groups in total. The van der Waals surface area contributed by atoms with E-state index in [1.807, 2.05) is 43.3 Å². The van der Waals surface area contributed by atoms with Crippen LogP contribution in [0.5, 0.6) is 5.75 Å². The molecule has 0 fully saturated rings. The van der Waals surface area contributed by atoms with Crippen LogP contribution in [0.4, 0.5) is 0 Å². The molecule has 25 heavy (non-hydrogen) atoms. The van der Waals surface area contributed by atoms with E-state index in [0.717, 1.165) is 29.7 Å². The Bertz CT molecular complexity index is 839. The van der Waals surface area contributed by atoms with Crippen molar-refractivity contribution in [3.05, 3.63) is 59.7 Å². The zero-order valence-electron chi connectivity index (χ0n) is 15.0. The Hall–Kier alpha value is -1.85. The fourth-order valence-corrected chi connectivity index (χ4v) is 4.59. The van der Waals surface area contributed by atoms with E-state index in [1.165, 1.54) is 0 Å². The van der Waals surface area contributed by atoms with Gasteiger partial charge in [0, 0.05) is 12.0 Å². The molecule has 3 rings (SSSR count). The Balaban J connectivity index is 1.96. The number of fused-ring (bicyclic) bond motifs is 1. The standard InChI is InChI=1S/C20H25NO3S/c1-4-20(5-2)14-18(17-8-6-7-9-19(17)24-20)21-25(22,23)16-12-10-15(3)11-13-16/h6-13,18,21H,4-5,14H2,1-3H3/t18-/m1/s1. The van der Waals surface area contributed by atoms with Crippen molar-refractivity contribution in [2.75, 3.05) is 0 Å². The first-order valence-electron chi connectivity index (χ1n) is 8.76. The van der Waals surface area contributed by atoms with Gasteiger partial charge in [0.1, 0.15) is 11.4 Å². The van der Waals surface area contributed by atoms with Gasteiger partial charge in [-0.1, -0.05) is 49.7 Å². The Morgan fingerprint density at radius 3 is 2.36 bits per heavy atom. The van der Waals surface area contributed by atoms with Crippen molar-refractivity contribution >= 4 is 10.0 Å². The molecule has 0 saturated carbocycles. The van der Waals surface area contributed by atoms with Crippen LogP contribution in [-0.2, 0) is 10.0 Å². The highest BCUT2D eigenvalue weighted by molar-refractivity contribution is 7.89. The minimum atomic E-state index is -3.59. The molecule has 2 aromatic rings. The molecule has 0 spiro atoms. The molecule has 0 radical (unpaired) electrons. The van der Waals surface area contributed by atoms with Gasteiger partial charge in [-0.15, -0.1) is 0 Å². The van der Waals surface area contributed by atoms with Crippen LogP contribution in [0.15, 0.2) is 53.4 Å². The van der Waals surface area contributed by atoms with E-state index in [0.29, 0.717) is 11.3 Å². The van der Waals surface area contributed by atoms with Crippen molar-refractivity contribution in [1.82, 2.24) is 4.72 Å². The zero-order chi connectivity index (χ0) is 18.1. The second-order valence-corrected chi connectivity index (χ2v) is 8.44. The second-order valence-electron chi connectivity index (χ2n) is 6.72. The van der Waals surface area contributed by atoms with Gasteiger partial charge in [-0.25, -0.2) is 13.1 Å². The number of nitrogens with one attached hydrogen (secondary N) is 1. The number of ether oxygens (including phenoxy) is 1. The fraction of sp³-hybridized carbons (Fsp3) is 0.400. The maximum atomic E-state index is 12.9. The molecule has 5 heteroatoms. The summed E-state index contributed by atoms with van der Waals surface area (Å²) in [5.74, 6) is 0.772. The molecule has 1 aliphatic heterocycles. The number of benzene rings is 2. The Morgan fingerprint density at radius 1 is 1.08 bits per heavy atom. The number of sulfonamides is 1. The maximum absolute atomic E-state index is 12.9. The minimum absolute atomic E-state index is 0.292. The van der Waals surface area contributed by atoms with Crippen molar-refractivity contribution in [2.45, 2.75) is 56.6 Å². The number of para-hydroxylation sites is 1. The summed E-state index contributed by atoms with van der Waals surface area (Å²) in [6, 6.07) is 14.3. The molecule has 0 aliphatic carbocycles. The van der Waals surface area contributed by atoms with E-state index in [4.69, 9.17) is 4.74 Å². The number of rotatable bonds is 5. The van der Waals surface area contributed by atoms with E-state index in [1.54, 1.807) is 12.1 Å². The third-order valence-electron chi connectivity index (χ3n) is 5.11. The summed E-state index contributed by atoms with van der Waals surface area (Å²) in [5, 5.41) is 0. The summed E-state index contributed by atoms with van der Waals surface area (Å²) in [5.41, 5.74) is 1.59. The molecule has 0 amide bonds. The lowest BCUT2D eigenvalue weighted by Crippen LogP contribution is -2.44. The summed E-state index contributed by atoms with van der Waals surface area (Å²) < 4.78 is 34.9. The van der Waals surface area contributed by atoms with E-state index < -0.39 is 10.0 Å². The normalized spacial score (nSPS) is 19.1. The summed E-state index contributed by atoms with van der Waals surface area (Å²) in [7, 11) is -3.59. The molecular weight excluding hydrogens is 334 g/mol. The van der Waals surface area contributed by atoms with Gasteiger partial charge < -0.3 is 4.74 Å². The first-order chi connectivity index (χ1) is 11.9. The first-order valence-corrected chi connectivity index (χ1v) is 10.2. The zero-order valence-corrected chi connectivity index (χ0v) is 15.8. The Kier molecular flexibility index (Phi) is 4.89. The topological polar surface area (TPSA) is 55.4 Å². The van der Waals surface area contributed by atoms with E-state index in [9.17, 15) is 8.42 Å². The average Bonchev–Trinajstić information content (AvgIpc) is 2.61. The van der Waals surface area contributed by atoms with E-state index >= 15 is 0 Å². The molecule has 0 bridgehead atoms. The monoisotopic (exact) mass is 359 g/mol. The molecule has 134 valence electrons. The van der Waals surface area contributed by atoms with Crippen LogP contribution in [0.1, 0.15) is 50.3 Å². The molecule has 0 saturated heterocycles. The van der Waals surface area contributed by atoms with Crippen molar-refractivity contribution in [3.63, 3.8) is 0 Å². The van der Waals surface area contributed by atoms with Crippen LogP contribution in [0.2, 0.25) is 0 Å². The summed E-state index contributed by atoms with van der Waals surface area (Å²) in [6.45, 7) is 6.11. The van der Waals surface area contributed by atoms with Gasteiger partial charge in [-0.3, -0.25) is 0 Å². The Labute approximate surface area is 150 Å². The molecule has 2 aromatic carbocycles. The molecule has 4 nitrogen and oxygen atoms in total. The third kappa shape index (κ3) is 3.58. The molecular formula is C20H25NO3S. The van der Waals surface area contributed by atoms with Crippen LogP contribution in [0, 0.1) is 6.92 Å². The quantitative estimate of drug-likeness (QED) is 0.863. The van der Waals surface area contributed by atoms with Gasteiger partial charge in [0.25, 0.3) is 0 Å². The van der Waals surface area contributed by atoms with Crippen LogP contribution in [0.25, 0.3) is 0 Å². The predicted octanol–water partition coefficient (Wildman–Crippen LogP) is 4.36. The van der Waals surface area contributed by atoms with Crippen LogP contribution in [-0.4, -0.2) is 14.0 Å². The highest BCUT2D eigenvalue weighted by Gasteiger charge is 2.39. The highest BCUT2D eigenvalue weighted by Crippen LogP contribution is 2.43. The van der Waals surface area contributed by atoms with E-state index in [-0.39, 0.29) is 11.6 Å². The van der Waals surface area contributed by atoms with Gasteiger partial charge >= 0.3 is 0 Å². The molecule has 1 heterocycles. The predicted molar refractivity (Wildman–Crippen MR) is 99.2 cm³/mol. The van der Waals surface area contributed by atoms with Gasteiger partial charge in [0.05, 0.1) is 10.9 Å². The SMILES string of the molecule is CCC1(CC)C[C@@H](NS(=O)(=O)c2ccc(C)cc2)c2ccccc2O1. The van der Waals surface area contributed by atoms with Crippen molar-refractivity contribution in [1.29, 1.82) is 0 Å². The van der Waals surface area contributed by atoms with Crippen molar-refractivity contribution in [2.24, 2.45) is 0 Å². The smallest absolute Gasteiger partial charge is 0.241 e. The van der Waals surface area contributed by atoms with Crippen LogP contribution < -0.4 is 9.46 Å². The molecule has 1 aliphatic rings. The van der Waals surface area contributed by atoms with Crippen LogP contribution >= 0.6 is 0 Å². The third-order valence-corrected chi connectivity index (χ3v) is 6.60. The lowest BCUT2D eigenvalue weighted by molar-refractivity contribution is 0.0260. The van der Waals surface area contributed by atoms with Gasteiger partial charge in [-0.2, -0.15) is 0 Å². The lowest BCUT2D eigenvalue weighted by Gasteiger charge is -2.41. The summed E-state index contributed by atoms with van der Waals surface area (Å²) >= 11 is 0. The van der Waals surface area contributed by atoms with Gasteiger partial charge in [-0.05, 0) is 38.0 Å². The van der Waals surface area contributed by atoms with Crippen molar-refractivity contribution < 1.29 is 13.2 Å². The maximum Gasteiger partial charge on any atom is 0.241 e. The largest absolute Gasteiger partial charge is 0.487 e. The lowest BCUT2D eigenvalue weighted by atomic mass is 9.84. The summed E-state index contributed by atoms with van der Waals surface area (Å²) in [6.07, 6.45) is 2.29. The highest BCUT2D eigenvalue weighted by atomic mass is 32.2. The Morgan fingerprint density at radius 2 is 1.72 bits per heavy atom. The molecule has 0 aromatic heterocycles. The van der Waals surface area contributed by atoms with Crippen molar-refractivity contribution in [3.8, 4) is 5.75 Å². The fourth-order valence-electron chi connectivity index (χ4n) is 3.38. The number of aryl methyl sites for hydroxylation is 1. The number of hydrogen-bond donors (Lipinski definition) is 1. The van der Waals surface area contributed by atoms with Gasteiger partial charge in [0.2, 0.25) is 10.0 Å². The van der Waals surface area contributed by atoms with Gasteiger partial charge in [0.15, 0.2) is 0 Å². The van der Waals surface area contributed by atoms with Crippen LogP contribution in [0.3, 0.4) is 0 Å². The molecule has 0 unspecified atom stereocenters. The summed E-state index contributed by atoms with van der Waals surface area (Å²) in [4.78, 5) is 0.292.